The molecule has 0 aliphatic heterocycles. The summed E-state index contributed by atoms with van der Waals surface area (Å²) < 4.78 is 12.0. The molecule has 4 aromatic rings. The molecule has 2 aromatic carbocycles. The summed E-state index contributed by atoms with van der Waals surface area (Å²) >= 11 is 3.57. The Balaban J connectivity index is 1.79. The molecule has 0 unspecified atom stereocenters. The van der Waals surface area contributed by atoms with Crippen molar-refractivity contribution in [2.24, 2.45) is 0 Å². The molecule has 7 heteroatoms. The number of ether oxygens (including phenoxy) is 1. The Kier molecular flexibility index (Phi) is 6.28. The van der Waals surface area contributed by atoms with Crippen molar-refractivity contribution in [3.8, 4) is 11.3 Å². The van der Waals surface area contributed by atoms with Crippen molar-refractivity contribution in [3.05, 3.63) is 82.6 Å². The minimum absolute atomic E-state index is 0.390. The van der Waals surface area contributed by atoms with Crippen molar-refractivity contribution in [1.29, 1.82) is 0 Å². The van der Waals surface area contributed by atoms with Crippen molar-refractivity contribution < 1.29 is 14.1 Å². The average molecular weight is 494 g/mol. The Morgan fingerprint density at radius 2 is 1.91 bits per heavy atom. The van der Waals surface area contributed by atoms with E-state index in [1.54, 1.807) is 6.20 Å². The Labute approximate surface area is 195 Å². The molecule has 2 heterocycles. The second-order valence-corrected chi connectivity index (χ2v) is 9.40. The van der Waals surface area contributed by atoms with Gasteiger partial charge >= 0.3 is 6.09 Å². The van der Waals surface area contributed by atoms with Crippen LogP contribution < -0.4 is 5.32 Å². The lowest BCUT2D eigenvalue weighted by Gasteiger charge is -2.25. The summed E-state index contributed by atoms with van der Waals surface area (Å²) in [6, 6.07) is 19.0. The normalized spacial score (nSPS) is 12.5. The first-order chi connectivity index (χ1) is 15.3. The highest BCUT2D eigenvalue weighted by Gasteiger charge is 2.25. The van der Waals surface area contributed by atoms with Crippen LogP contribution in [0.5, 0.6) is 0 Å². The highest BCUT2D eigenvalue weighted by atomic mass is 79.9. The Bertz CT molecular complexity index is 1230. The maximum Gasteiger partial charge on any atom is 0.408 e. The number of halogens is 1. The van der Waals surface area contributed by atoms with Gasteiger partial charge in [-0.3, -0.25) is 4.98 Å². The van der Waals surface area contributed by atoms with Gasteiger partial charge in [0.1, 0.15) is 11.3 Å². The third-order valence-corrected chi connectivity index (χ3v) is 5.35. The molecule has 4 rings (SSSR count). The van der Waals surface area contributed by atoms with Crippen LogP contribution in [0.25, 0.3) is 22.2 Å². The van der Waals surface area contributed by atoms with Crippen LogP contribution in [-0.2, 0) is 11.2 Å². The molecule has 0 aliphatic carbocycles. The van der Waals surface area contributed by atoms with Crippen LogP contribution in [0, 0.1) is 0 Å². The van der Waals surface area contributed by atoms with Gasteiger partial charge in [0.05, 0.1) is 6.04 Å². The lowest BCUT2D eigenvalue weighted by molar-refractivity contribution is 0.0503. The van der Waals surface area contributed by atoms with Gasteiger partial charge in [-0.25, -0.2) is 4.79 Å². The molecule has 0 saturated heterocycles. The number of carbonyl (C=O) groups is 1. The van der Waals surface area contributed by atoms with Gasteiger partial charge in [-0.1, -0.05) is 45.4 Å². The lowest BCUT2D eigenvalue weighted by atomic mass is 9.93. The minimum Gasteiger partial charge on any atom is -0.444 e. The fraction of sp³-hybridized carbons (Fsp3) is 0.240. The van der Waals surface area contributed by atoms with Gasteiger partial charge in [0.15, 0.2) is 5.58 Å². The van der Waals surface area contributed by atoms with Gasteiger partial charge in [-0.15, -0.1) is 0 Å². The van der Waals surface area contributed by atoms with E-state index in [2.05, 4.69) is 31.4 Å². The molecule has 0 fully saturated rings. The highest BCUT2D eigenvalue weighted by Crippen LogP contribution is 2.36. The maximum absolute atomic E-state index is 12.7. The van der Waals surface area contributed by atoms with E-state index in [-0.39, 0.29) is 0 Å². The van der Waals surface area contributed by atoms with E-state index in [0.717, 1.165) is 26.7 Å². The largest absolute Gasteiger partial charge is 0.444 e. The van der Waals surface area contributed by atoms with Crippen molar-refractivity contribution in [2.75, 3.05) is 0 Å². The minimum atomic E-state index is -0.607. The van der Waals surface area contributed by atoms with Gasteiger partial charge in [-0.05, 0) is 62.7 Å². The molecule has 2 aromatic heterocycles. The number of pyridine rings is 1. The zero-order valence-corrected chi connectivity index (χ0v) is 19.7. The fourth-order valence-electron chi connectivity index (χ4n) is 3.53. The average Bonchev–Trinajstić information content (AvgIpc) is 3.17. The number of nitrogens with zero attached hydrogens (tertiary/aromatic N) is 2. The third-order valence-electron chi connectivity index (χ3n) is 4.85. The monoisotopic (exact) mass is 493 g/mol. The van der Waals surface area contributed by atoms with E-state index in [4.69, 9.17) is 9.26 Å². The second-order valence-electron chi connectivity index (χ2n) is 8.48. The summed E-state index contributed by atoms with van der Waals surface area (Å²) in [7, 11) is 0. The molecule has 164 valence electrons. The predicted octanol–water partition coefficient (Wildman–Crippen LogP) is 6.46. The summed E-state index contributed by atoms with van der Waals surface area (Å²) in [6.07, 6.45) is 1.75. The van der Waals surface area contributed by atoms with Gasteiger partial charge in [0, 0.05) is 33.7 Å². The molecule has 0 radical (unpaired) electrons. The summed E-state index contributed by atoms with van der Waals surface area (Å²) in [6.45, 7) is 5.52. The molecule has 1 atom stereocenters. The number of nitrogens with one attached hydrogen (secondary N) is 1. The van der Waals surface area contributed by atoms with E-state index >= 15 is 0 Å². The number of fused-ring (bicyclic) bond motifs is 1. The molecular formula is C25H24BrN3O3. The molecule has 6 nitrogen and oxygen atoms in total. The first-order valence-electron chi connectivity index (χ1n) is 10.3. The fourth-order valence-corrected chi connectivity index (χ4v) is 3.90. The lowest BCUT2D eigenvalue weighted by Crippen LogP contribution is -2.36. The number of hydrogen-bond donors (Lipinski definition) is 1. The van der Waals surface area contributed by atoms with Crippen molar-refractivity contribution in [1.82, 2.24) is 15.5 Å². The van der Waals surface area contributed by atoms with Crippen molar-refractivity contribution >= 4 is 33.0 Å². The quantitative estimate of drug-likeness (QED) is 0.345. The third kappa shape index (κ3) is 5.16. The number of hydrogen-bond acceptors (Lipinski definition) is 5. The molecule has 0 spiro atoms. The van der Waals surface area contributed by atoms with Gasteiger partial charge in [-0.2, -0.15) is 0 Å². The van der Waals surface area contributed by atoms with Crippen LogP contribution in [0.3, 0.4) is 0 Å². The topological polar surface area (TPSA) is 77.2 Å². The van der Waals surface area contributed by atoms with E-state index in [0.29, 0.717) is 17.7 Å². The number of carbonyl (C=O) groups excluding carboxylic acids is 1. The number of amides is 1. The van der Waals surface area contributed by atoms with E-state index in [1.165, 1.54) is 0 Å². The van der Waals surface area contributed by atoms with Crippen molar-refractivity contribution in [2.45, 2.75) is 38.8 Å². The van der Waals surface area contributed by atoms with Crippen LogP contribution in [-0.4, -0.2) is 21.8 Å². The van der Waals surface area contributed by atoms with Crippen LogP contribution in [0.15, 0.2) is 75.9 Å². The van der Waals surface area contributed by atoms with Gasteiger partial charge < -0.3 is 14.6 Å². The summed E-state index contributed by atoms with van der Waals surface area (Å²) in [5, 5.41) is 8.28. The maximum atomic E-state index is 12.7. The number of alkyl carbamates (subject to hydrolysis) is 1. The highest BCUT2D eigenvalue weighted by molar-refractivity contribution is 9.10. The van der Waals surface area contributed by atoms with E-state index in [1.807, 2.05) is 81.4 Å². The Morgan fingerprint density at radius 3 is 2.66 bits per heavy atom. The van der Waals surface area contributed by atoms with E-state index in [9.17, 15) is 4.79 Å². The molecular weight excluding hydrogens is 470 g/mol. The van der Waals surface area contributed by atoms with Crippen LogP contribution in [0.4, 0.5) is 4.79 Å². The van der Waals surface area contributed by atoms with Crippen LogP contribution in [0.2, 0.25) is 0 Å². The smallest absolute Gasteiger partial charge is 0.408 e. The molecule has 1 N–H and O–H groups in total. The van der Waals surface area contributed by atoms with Crippen LogP contribution in [0.1, 0.15) is 38.1 Å². The first kappa shape index (κ1) is 22.0. The van der Waals surface area contributed by atoms with Crippen molar-refractivity contribution in [3.63, 3.8) is 0 Å². The molecule has 32 heavy (non-hydrogen) atoms. The van der Waals surface area contributed by atoms with Gasteiger partial charge in [0.25, 0.3) is 0 Å². The molecule has 0 saturated carbocycles. The summed E-state index contributed by atoms with van der Waals surface area (Å²) in [5.41, 5.74) is 3.42. The zero-order valence-electron chi connectivity index (χ0n) is 18.1. The molecule has 0 bridgehead atoms. The standard InChI is InChI=1S/C25H24BrN3O3/c1-25(2,3)31-24(30)28-21(15-17-8-6-7-13-27-17)18-12-11-16(26)14-20(18)23-19-9-4-5-10-22(19)32-29-23/h4-14,21H,15H2,1-3H3,(H,28,30)/t21-/m0/s1. The number of benzene rings is 2. The number of para-hydroxylation sites is 1. The summed E-state index contributed by atoms with van der Waals surface area (Å²) in [5.74, 6) is 0. The van der Waals surface area contributed by atoms with Gasteiger partial charge in [0.2, 0.25) is 0 Å². The summed E-state index contributed by atoms with van der Waals surface area (Å²) in [4.78, 5) is 17.2. The van der Waals surface area contributed by atoms with Crippen LogP contribution >= 0.6 is 15.9 Å². The first-order valence-corrected chi connectivity index (χ1v) is 11.1. The zero-order chi connectivity index (χ0) is 22.7. The second kappa shape index (κ2) is 9.12. The molecule has 0 aliphatic rings. The Hall–Kier alpha value is -3.19. The number of aromatic nitrogens is 2. The predicted molar refractivity (Wildman–Crippen MR) is 127 cm³/mol. The SMILES string of the molecule is CC(C)(C)OC(=O)N[C@@H](Cc1ccccn1)c1ccc(Br)cc1-c1noc2ccccc12. The molecule has 1 amide bonds. The van der Waals surface area contributed by atoms with E-state index < -0.39 is 17.7 Å². The Morgan fingerprint density at radius 1 is 1.12 bits per heavy atom. The number of rotatable bonds is 5.